The molecular formula is C16H19N3O3. The molecule has 2 amide bonds. The fraction of sp³-hybridized carbons (Fsp3) is 0.375. The zero-order valence-corrected chi connectivity index (χ0v) is 12.7. The summed E-state index contributed by atoms with van der Waals surface area (Å²) < 4.78 is 10.9. The maximum absolute atomic E-state index is 12.3. The van der Waals surface area contributed by atoms with Gasteiger partial charge in [0.15, 0.2) is 11.6 Å². The molecule has 2 unspecified atom stereocenters. The summed E-state index contributed by atoms with van der Waals surface area (Å²) in [5.41, 5.74) is 0.920. The molecule has 1 aromatic heterocycles. The lowest BCUT2D eigenvalue weighted by Gasteiger charge is -2.34. The molecule has 0 spiro atoms. The van der Waals surface area contributed by atoms with Crippen LogP contribution in [0.1, 0.15) is 13.8 Å². The molecule has 3 rings (SSSR count). The molecule has 0 saturated carbocycles. The highest BCUT2D eigenvalue weighted by atomic mass is 16.5. The van der Waals surface area contributed by atoms with Crippen LogP contribution in [-0.2, 0) is 4.74 Å². The van der Waals surface area contributed by atoms with Gasteiger partial charge in [-0.3, -0.25) is 5.32 Å². The molecule has 6 nitrogen and oxygen atoms in total. The number of rotatable bonds is 2. The minimum atomic E-state index is -0.185. The van der Waals surface area contributed by atoms with Crippen molar-refractivity contribution in [2.45, 2.75) is 26.1 Å². The van der Waals surface area contributed by atoms with Gasteiger partial charge in [-0.05, 0) is 13.8 Å². The van der Waals surface area contributed by atoms with Crippen molar-refractivity contribution in [2.24, 2.45) is 0 Å². The molecular weight excluding hydrogens is 282 g/mol. The fourth-order valence-corrected chi connectivity index (χ4v) is 2.60. The maximum Gasteiger partial charge on any atom is 0.323 e. The molecule has 1 N–H and O–H groups in total. The number of carbonyl (C=O) groups is 1. The molecule has 1 aliphatic rings. The van der Waals surface area contributed by atoms with Crippen molar-refractivity contribution in [3.63, 3.8) is 0 Å². The number of amides is 2. The predicted octanol–water partition coefficient (Wildman–Crippen LogP) is 2.98. The highest BCUT2D eigenvalue weighted by molar-refractivity contribution is 5.88. The van der Waals surface area contributed by atoms with E-state index in [9.17, 15) is 4.79 Å². The third-order valence-electron chi connectivity index (χ3n) is 3.51. The summed E-state index contributed by atoms with van der Waals surface area (Å²) >= 11 is 0. The van der Waals surface area contributed by atoms with E-state index in [1.54, 1.807) is 11.0 Å². The Hall–Kier alpha value is -2.34. The number of nitrogens with one attached hydrogen (secondary N) is 1. The Kier molecular flexibility index (Phi) is 4.11. The Balaban J connectivity index is 1.66. The Morgan fingerprint density at radius 1 is 1.23 bits per heavy atom. The van der Waals surface area contributed by atoms with Gasteiger partial charge in [-0.2, -0.15) is 0 Å². The molecule has 1 aliphatic heterocycles. The lowest BCUT2D eigenvalue weighted by Crippen LogP contribution is -2.49. The SMILES string of the molecule is CC1CN(C(=O)Nc2cc(-c3ccccc3)on2)CC(C)O1. The Bertz CT molecular complexity index is 631. The minimum Gasteiger partial charge on any atom is -0.372 e. The second-order valence-electron chi connectivity index (χ2n) is 5.53. The molecule has 22 heavy (non-hydrogen) atoms. The summed E-state index contributed by atoms with van der Waals surface area (Å²) in [6, 6.07) is 11.2. The van der Waals surface area contributed by atoms with E-state index in [1.807, 2.05) is 44.2 Å². The van der Waals surface area contributed by atoms with Gasteiger partial charge < -0.3 is 14.2 Å². The standard InChI is InChI=1S/C16H19N3O3/c1-11-9-19(10-12(2)21-11)16(20)17-15-8-14(22-18-15)13-6-4-3-5-7-13/h3-8,11-12H,9-10H2,1-2H3,(H,17,18,20). The number of urea groups is 1. The van der Waals surface area contributed by atoms with Gasteiger partial charge in [0.1, 0.15) is 0 Å². The molecule has 0 bridgehead atoms. The largest absolute Gasteiger partial charge is 0.372 e. The second-order valence-corrected chi connectivity index (χ2v) is 5.53. The number of hydrogen-bond donors (Lipinski definition) is 1. The molecule has 6 heteroatoms. The first kappa shape index (κ1) is 14.6. The normalized spacial score (nSPS) is 21.6. The van der Waals surface area contributed by atoms with Gasteiger partial charge >= 0.3 is 6.03 Å². The first-order valence-electron chi connectivity index (χ1n) is 7.35. The minimum absolute atomic E-state index is 0.0340. The highest BCUT2D eigenvalue weighted by Crippen LogP contribution is 2.22. The van der Waals surface area contributed by atoms with E-state index in [0.717, 1.165) is 5.56 Å². The summed E-state index contributed by atoms with van der Waals surface area (Å²) in [7, 11) is 0. The summed E-state index contributed by atoms with van der Waals surface area (Å²) in [6.07, 6.45) is 0.0679. The van der Waals surface area contributed by atoms with Crippen molar-refractivity contribution in [1.29, 1.82) is 0 Å². The zero-order valence-electron chi connectivity index (χ0n) is 12.7. The number of ether oxygens (including phenoxy) is 1. The molecule has 2 aromatic rings. The van der Waals surface area contributed by atoms with E-state index in [0.29, 0.717) is 24.7 Å². The molecule has 1 fully saturated rings. The fourth-order valence-electron chi connectivity index (χ4n) is 2.60. The van der Waals surface area contributed by atoms with Gasteiger partial charge in [-0.15, -0.1) is 0 Å². The monoisotopic (exact) mass is 301 g/mol. The average molecular weight is 301 g/mol. The van der Waals surface area contributed by atoms with E-state index in [1.165, 1.54) is 0 Å². The van der Waals surface area contributed by atoms with Crippen LogP contribution < -0.4 is 5.32 Å². The first-order valence-corrected chi connectivity index (χ1v) is 7.35. The van der Waals surface area contributed by atoms with Crippen molar-refractivity contribution in [3.8, 4) is 11.3 Å². The van der Waals surface area contributed by atoms with E-state index in [2.05, 4.69) is 10.5 Å². The van der Waals surface area contributed by atoms with Gasteiger partial charge in [-0.25, -0.2) is 4.79 Å². The van der Waals surface area contributed by atoms with Crippen molar-refractivity contribution in [3.05, 3.63) is 36.4 Å². The number of aromatic nitrogens is 1. The highest BCUT2D eigenvalue weighted by Gasteiger charge is 2.26. The average Bonchev–Trinajstić information content (AvgIpc) is 2.95. The number of carbonyl (C=O) groups excluding carboxylic acids is 1. The van der Waals surface area contributed by atoms with Crippen LogP contribution in [0.25, 0.3) is 11.3 Å². The van der Waals surface area contributed by atoms with Crippen LogP contribution in [0.4, 0.5) is 10.6 Å². The van der Waals surface area contributed by atoms with E-state index in [-0.39, 0.29) is 18.2 Å². The predicted molar refractivity (Wildman–Crippen MR) is 82.5 cm³/mol. The zero-order chi connectivity index (χ0) is 15.5. The summed E-state index contributed by atoms with van der Waals surface area (Å²) in [5.74, 6) is 1.04. The number of nitrogens with zero attached hydrogens (tertiary/aromatic N) is 2. The van der Waals surface area contributed by atoms with Crippen LogP contribution in [-0.4, -0.2) is 41.4 Å². The van der Waals surface area contributed by atoms with Gasteiger partial charge in [0.25, 0.3) is 0 Å². The number of morpholine rings is 1. The van der Waals surface area contributed by atoms with Gasteiger partial charge in [0.05, 0.1) is 12.2 Å². The van der Waals surface area contributed by atoms with Crippen LogP contribution in [0.5, 0.6) is 0 Å². The summed E-state index contributed by atoms with van der Waals surface area (Å²) in [5, 5.41) is 6.67. The molecule has 116 valence electrons. The third kappa shape index (κ3) is 3.28. The Morgan fingerprint density at radius 3 is 2.59 bits per heavy atom. The van der Waals surface area contributed by atoms with Gasteiger partial charge in [-0.1, -0.05) is 35.5 Å². The first-order chi connectivity index (χ1) is 10.6. The lowest BCUT2D eigenvalue weighted by atomic mass is 10.2. The van der Waals surface area contributed by atoms with Crippen molar-refractivity contribution >= 4 is 11.8 Å². The lowest BCUT2D eigenvalue weighted by molar-refractivity contribution is -0.0530. The summed E-state index contributed by atoms with van der Waals surface area (Å²) in [4.78, 5) is 14.0. The Morgan fingerprint density at radius 2 is 1.91 bits per heavy atom. The topological polar surface area (TPSA) is 67.6 Å². The van der Waals surface area contributed by atoms with E-state index >= 15 is 0 Å². The number of benzene rings is 1. The van der Waals surface area contributed by atoms with Crippen LogP contribution in [0.2, 0.25) is 0 Å². The summed E-state index contributed by atoms with van der Waals surface area (Å²) in [6.45, 7) is 5.05. The second kappa shape index (κ2) is 6.19. The van der Waals surface area contributed by atoms with Crippen molar-refractivity contribution in [1.82, 2.24) is 10.1 Å². The molecule has 1 aromatic carbocycles. The van der Waals surface area contributed by atoms with Crippen LogP contribution in [0, 0.1) is 0 Å². The van der Waals surface area contributed by atoms with Crippen LogP contribution >= 0.6 is 0 Å². The molecule has 1 saturated heterocycles. The quantitative estimate of drug-likeness (QED) is 0.926. The molecule has 2 atom stereocenters. The van der Waals surface area contributed by atoms with Crippen molar-refractivity contribution < 1.29 is 14.1 Å². The van der Waals surface area contributed by atoms with Gasteiger partial charge in [0, 0.05) is 24.7 Å². The van der Waals surface area contributed by atoms with Crippen LogP contribution in [0.3, 0.4) is 0 Å². The van der Waals surface area contributed by atoms with E-state index < -0.39 is 0 Å². The number of hydrogen-bond acceptors (Lipinski definition) is 4. The molecule has 2 heterocycles. The van der Waals surface area contributed by atoms with E-state index in [4.69, 9.17) is 9.26 Å². The van der Waals surface area contributed by atoms with Crippen molar-refractivity contribution in [2.75, 3.05) is 18.4 Å². The van der Waals surface area contributed by atoms with Gasteiger partial charge in [0.2, 0.25) is 0 Å². The number of anilines is 1. The Labute approximate surface area is 129 Å². The molecule has 0 aliphatic carbocycles. The smallest absolute Gasteiger partial charge is 0.323 e. The molecule has 0 radical (unpaired) electrons. The third-order valence-corrected chi connectivity index (χ3v) is 3.51. The van der Waals surface area contributed by atoms with Crippen LogP contribution in [0.15, 0.2) is 40.9 Å². The maximum atomic E-state index is 12.3.